The molecule has 1 saturated carbocycles. The maximum atomic E-state index is 13.6. The highest BCUT2D eigenvalue weighted by Gasteiger charge is 2.40. The number of likely N-dealkylation sites (N-methyl/N-ethyl adjacent to an activating group) is 1. The summed E-state index contributed by atoms with van der Waals surface area (Å²) in [4.78, 5) is 13.3. The molecule has 0 atom stereocenters. The zero-order valence-electron chi connectivity index (χ0n) is 24.0. The van der Waals surface area contributed by atoms with Gasteiger partial charge in [-0.05, 0) is 48.2 Å². The van der Waals surface area contributed by atoms with Crippen LogP contribution in [0.3, 0.4) is 0 Å². The minimum Gasteiger partial charge on any atom is -0.365 e. The maximum Gasteiger partial charge on any atom is 0.245 e. The number of nitrogens with one attached hydrogen (secondary N) is 2. The van der Waals surface area contributed by atoms with Crippen LogP contribution < -0.4 is 10.6 Å². The SMILES string of the molecule is CCNC1(C(=O)NCc2ccc(-c3ccccc3S(=O)(=O)N(C)COCC[Si](C)(C)C)c(CBr)c2)CCCC1. The van der Waals surface area contributed by atoms with Crippen molar-refractivity contribution in [1.82, 2.24) is 14.9 Å². The highest BCUT2D eigenvalue weighted by Crippen LogP contribution is 2.34. The number of amides is 1. The van der Waals surface area contributed by atoms with Gasteiger partial charge in [0.15, 0.2) is 0 Å². The average molecular weight is 639 g/mol. The molecular formula is C29H44BrN3O4SSi. The number of hydrogen-bond acceptors (Lipinski definition) is 5. The first kappa shape index (κ1) is 32.0. The van der Waals surface area contributed by atoms with Gasteiger partial charge in [0, 0.05) is 39.2 Å². The number of benzene rings is 2. The van der Waals surface area contributed by atoms with E-state index in [0.29, 0.717) is 24.0 Å². The molecule has 10 heteroatoms. The molecule has 0 aromatic heterocycles. The molecule has 0 radical (unpaired) electrons. The van der Waals surface area contributed by atoms with Crippen molar-refractivity contribution >= 4 is 39.9 Å². The first-order valence-electron chi connectivity index (χ1n) is 13.8. The second-order valence-electron chi connectivity index (χ2n) is 11.6. The Hall–Kier alpha value is -1.56. The van der Waals surface area contributed by atoms with E-state index in [4.69, 9.17) is 4.74 Å². The third-order valence-electron chi connectivity index (χ3n) is 7.31. The van der Waals surface area contributed by atoms with Crippen LogP contribution in [0.2, 0.25) is 25.7 Å². The van der Waals surface area contributed by atoms with Crippen molar-refractivity contribution in [3.8, 4) is 11.1 Å². The van der Waals surface area contributed by atoms with Crippen molar-refractivity contribution in [3.05, 3.63) is 53.6 Å². The fraction of sp³-hybridized carbons (Fsp3) is 0.552. The Bertz CT molecular complexity index is 1230. The molecule has 1 amide bonds. The highest BCUT2D eigenvalue weighted by molar-refractivity contribution is 9.08. The van der Waals surface area contributed by atoms with Gasteiger partial charge in [0.1, 0.15) is 6.73 Å². The summed E-state index contributed by atoms with van der Waals surface area (Å²) in [5, 5.41) is 7.09. The van der Waals surface area contributed by atoms with Crippen LogP contribution in [0.15, 0.2) is 47.4 Å². The molecular weight excluding hydrogens is 594 g/mol. The van der Waals surface area contributed by atoms with E-state index in [-0.39, 0.29) is 17.5 Å². The topological polar surface area (TPSA) is 87.7 Å². The van der Waals surface area contributed by atoms with Gasteiger partial charge in [-0.1, -0.05) is 91.7 Å². The Kier molecular flexibility index (Phi) is 11.4. The minimum absolute atomic E-state index is 0.0134. The Morgan fingerprint density at radius 3 is 2.44 bits per heavy atom. The van der Waals surface area contributed by atoms with Gasteiger partial charge in [-0.2, -0.15) is 4.31 Å². The van der Waals surface area contributed by atoms with Crippen molar-refractivity contribution in [2.45, 2.75) is 80.6 Å². The fourth-order valence-corrected chi connectivity index (χ4v) is 7.48. The summed E-state index contributed by atoms with van der Waals surface area (Å²) in [6.07, 6.45) is 3.85. The van der Waals surface area contributed by atoms with Gasteiger partial charge in [0.05, 0.1) is 10.4 Å². The van der Waals surface area contributed by atoms with Gasteiger partial charge < -0.3 is 15.4 Å². The number of hydrogen-bond donors (Lipinski definition) is 2. The Morgan fingerprint density at radius 1 is 1.10 bits per heavy atom. The van der Waals surface area contributed by atoms with Gasteiger partial charge in [0.25, 0.3) is 0 Å². The number of sulfonamides is 1. The quantitative estimate of drug-likeness (QED) is 0.120. The summed E-state index contributed by atoms with van der Waals surface area (Å²) in [6.45, 7) is 10.6. The van der Waals surface area contributed by atoms with Crippen molar-refractivity contribution in [2.75, 3.05) is 26.9 Å². The van der Waals surface area contributed by atoms with Crippen molar-refractivity contribution in [3.63, 3.8) is 0 Å². The number of halogens is 1. The molecule has 0 saturated heterocycles. The van der Waals surface area contributed by atoms with Crippen LogP contribution in [0, 0.1) is 0 Å². The molecule has 1 aliphatic carbocycles. The second-order valence-corrected chi connectivity index (χ2v) is 19.8. The zero-order chi connectivity index (χ0) is 28.7. The minimum atomic E-state index is -3.77. The van der Waals surface area contributed by atoms with Crippen LogP contribution in [-0.2, 0) is 31.4 Å². The number of rotatable bonds is 14. The number of alkyl halides is 1. The standard InChI is InChI=1S/C29H44BrN3O4SSi/c1-6-32-29(15-9-10-16-29)28(34)31-21-23-13-14-25(24(19-23)20-30)26-11-7-8-12-27(26)38(35,36)33(2)22-37-17-18-39(3,4)5/h7-8,11-14,19,32H,6,9-10,15-18,20-22H2,1-5H3,(H,31,34). The molecule has 1 aliphatic rings. The third kappa shape index (κ3) is 8.24. The Morgan fingerprint density at radius 2 is 1.79 bits per heavy atom. The summed E-state index contributed by atoms with van der Waals surface area (Å²) < 4.78 is 34.1. The second kappa shape index (κ2) is 13.9. The molecule has 2 aromatic rings. The number of carbonyl (C=O) groups excluding carboxylic acids is 1. The van der Waals surface area contributed by atoms with Crippen LogP contribution in [-0.4, -0.2) is 59.2 Å². The fourth-order valence-electron chi connectivity index (χ4n) is 5.01. The van der Waals surface area contributed by atoms with E-state index in [0.717, 1.165) is 55.0 Å². The molecule has 0 heterocycles. The lowest BCUT2D eigenvalue weighted by Crippen LogP contribution is -2.54. The van der Waals surface area contributed by atoms with Gasteiger partial charge in [-0.3, -0.25) is 4.79 Å². The van der Waals surface area contributed by atoms with Crippen molar-refractivity contribution in [2.24, 2.45) is 0 Å². The predicted octanol–water partition coefficient (Wildman–Crippen LogP) is 5.72. The van der Waals surface area contributed by atoms with Crippen LogP contribution in [0.4, 0.5) is 0 Å². The van der Waals surface area contributed by atoms with E-state index < -0.39 is 23.6 Å². The summed E-state index contributed by atoms with van der Waals surface area (Å²) in [5.74, 6) is 0.0536. The molecule has 2 N–H and O–H groups in total. The average Bonchev–Trinajstić information content (AvgIpc) is 3.39. The van der Waals surface area contributed by atoms with E-state index in [1.165, 1.54) is 4.31 Å². The molecule has 0 bridgehead atoms. The molecule has 2 aromatic carbocycles. The van der Waals surface area contributed by atoms with Gasteiger partial charge in [-0.15, -0.1) is 0 Å². The summed E-state index contributed by atoms with van der Waals surface area (Å²) in [7, 11) is -3.47. The molecule has 3 rings (SSSR count). The van der Waals surface area contributed by atoms with Crippen LogP contribution in [0.1, 0.15) is 43.7 Å². The van der Waals surface area contributed by atoms with E-state index in [2.05, 4.69) is 46.2 Å². The number of carbonyl (C=O) groups is 1. The molecule has 39 heavy (non-hydrogen) atoms. The first-order chi connectivity index (χ1) is 18.4. The zero-order valence-corrected chi connectivity index (χ0v) is 27.4. The molecule has 7 nitrogen and oxygen atoms in total. The lowest BCUT2D eigenvalue weighted by molar-refractivity contribution is -0.127. The van der Waals surface area contributed by atoms with E-state index in [1.54, 1.807) is 19.2 Å². The van der Waals surface area contributed by atoms with Gasteiger partial charge >= 0.3 is 0 Å². The van der Waals surface area contributed by atoms with E-state index in [9.17, 15) is 13.2 Å². The predicted molar refractivity (Wildman–Crippen MR) is 165 cm³/mol. The van der Waals surface area contributed by atoms with Crippen LogP contribution in [0.5, 0.6) is 0 Å². The number of nitrogens with zero attached hydrogens (tertiary/aromatic N) is 1. The van der Waals surface area contributed by atoms with E-state index >= 15 is 0 Å². The van der Waals surface area contributed by atoms with Crippen molar-refractivity contribution in [1.29, 1.82) is 0 Å². The Balaban J connectivity index is 1.78. The monoisotopic (exact) mass is 637 g/mol. The van der Waals surface area contributed by atoms with Crippen LogP contribution in [0.25, 0.3) is 11.1 Å². The lowest BCUT2D eigenvalue weighted by atomic mass is 9.95. The van der Waals surface area contributed by atoms with Gasteiger partial charge in [0.2, 0.25) is 15.9 Å². The smallest absolute Gasteiger partial charge is 0.245 e. The highest BCUT2D eigenvalue weighted by atomic mass is 79.9. The summed E-state index contributed by atoms with van der Waals surface area (Å²) >= 11 is 3.59. The van der Waals surface area contributed by atoms with Crippen molar-refractivity contribution < 1.29 is 17.9 Å². The first-order valence-corrected chi connectivity index (χ1v) is 20.0. The molecule has 216 valence electrons. The Labute approximate surface area is 244 Å². The number of ether oxygens (including phenoxy) is 1. The van der Waals surface area contributed by atoms with E-state index in [1.807, 2.05) is 37.3 Å². The third-order valence-corrected chi connectivity index (χ3v) is 11.5. The molecule has 0 unspecified atom stereocenters. The normalized spacial score (nSPS) is 15.6. The largest absolute Gasteiger partial charge is 0.365 e. The molecule has 0 aliphatic heterocycles. The summed E-state index contributed by atoms with van der Waals surface area (Å²) in [6, 6.07) is 14.0. The summed E-state index contributed by atoms with van der Waals surface area (Å²) in [5.41, 5.74) is 2.95. The molecule has 0 spiro atoms. The van der Waals surface area contributed by atoms with Crippen LogP contribution >= 0.6 is 15.9 Å². The molecule has 1 fully saturated rings. The maximum absolute atomic E-state index is 13.6. The van der Waals surface area contributed by atoms with Gasteiger partial charge in [-0.25, -0.2) is 8.42 Å². The lowest BCUT2D eigenvalue weighted by Gasteiger charge is -2.28.